The molecule has 0 radical (unpaired) electrons. The van der Waals surface area contributed by atoms with Crippen molar-refractivity contribution in [1.29, 1.82) is 0 Å². The van der Waals surface area contributed by atoms with Gasteiger partial charge in [-0.25, -0.2) is 4.79 Å². The van der Waals surface area contributed by atoms with Gasteiger partial charge in [0.05, 0.1) is 20.8 Å². The van der Waals surface area contributed by atoms with Crippen LogP contribution >= 0.6 is 0 Å². The van der Waals surface area contributed by atoms with Crippen LogP contribution in [0, 0.1) is 0 Å². The number of carbonyl (C=O) groups is 2. The molecule has 0 aliphatic heterocycles. The van der Waals surface area contributed by atoms with Crippen molar-refractivity contribution in [3.63, 3.8) is 0 Å². The molecule has 1 amide bonds. The first-order valence-corrected chi connectivity index (χ1v) is 6.94. The second kappa shape index (κ2) is 7.68. The van der Waals surface area contributed by atoms with Crippen LogP contribution in [0.15, 0.2) is 18.2 Å². The van der Waals surface area contributed by atoms with E-state index in [2.05, 4.69) is 5.32 Å². The van der Waals surface area contributed by atoms with E-state index in [1.165, 1.54) is 0 Å². The van der Waals surface area contributed by atoms with Crippen molar-refractivity contribution in [1.82, 2.24) is 5.32 Å². The maximum absolute atomic E-state index is 11.9. The fourth-order valence-electron chi connectivity index (χ4n) is 1.74. The Morgan fingerprint density at radius 3 is 2.05 bits per heavy atom. The number of hydrogen-bond donors (Lipinski definition) is 1. The monoisotopic (exact) mass is 309 g/mol. The second-order valence-electron chi connectivity index (χ2n) is 5.79. The highest BCUT2D eigenvalue weighted by Crippen LogP contribution is 2.22. The highest BCUT2D eigenvalue weighted by Gasteiger charge is 2.16. The van der Waals surface area contributed by atoms with Crippen LogP contribution in [-0.4, -0.2) is 38.2 Å². The number of alkyl carbamates (subject to hydrolysis) is 1. The van der Waals surface area contributed by atoms with Crippen LogP contribution in [0.2, 0.25) is 0 Å². The molecule has 6 nitrogen and oxygen atoms in total. The van der Waals surface area contributed by atoms with Gasteiger partial charge in [-0.05, 0) is 38.5 Å². The van der Waals surface area contributed by atoms with Crippen molar-refractivity contribution in [2.24, 2.45) is 0 Å². The summed E-state index contributed by atoms with van der Waals surface area (Å²) in [6.45, 7) is 5.19. The van der Waals surface area contributed by atoms with E-state index in [0.29, 0.717) is 11.5 Å². The van der Waals surface area contributed by atoms with Gasteiger partial charge < -0.3 is 19.5 Å². The Balaban J connectivity index is 2.56. The van der Waals surface area contributed by atoms with Crippen molar-refractivity contribution in [3.05, 3.63) is 23.8 Å². The van der Waals surface area contributed by atoms with Crippen molar-refractivity contribution in [2.45, 2.75) is 32.8 Å². The number of ether oxygens (including phenoxy) is 3. The minimum absolute atomic E-state index is 0.0889. The molecule has 0 saturated heterocycles. The number of rotatable bonds is 6. The Kier molecular flexibility index (Phi) is 6.22. The molecule has 0 saturated carbocycles. The second-order valence-corrected chi connectivity index (χ2v) is 5.79. The predicted octanol–water partition coefficient (Wildman–Crippen LogP) is 2.34. The maximum atomic E-state index is 11.9. The van der Waals surface area contributed by atoms with Gasteiger partial charge in [-0.3, -0.25) is 4.79 Å². The predicted molar refractivity (Wildman–Crippen MR) is 82.5 cm³/mol. The number of amides is 1. The highest BCUT2D eigenvalue weighted by atomic mass is 16.6. The lowest BCUT2D eigenvalue weighted by atomic mass is 10.1. The molecule has 0 unspecified atom stereocenters. The average Bonchev–Trinajstić information content (AvgIpc) is 2.42. The fraction of sp³-hybridized carbons (Fsp3) is 0.500. The molecule has 0 spiro atoms. The maximum Gasteiger partial charge on any atom is 0.408 e. The number of methoxy groups -OCH3 is 2. The van der Waals surface area contributed by atoms with Crippen LogP contribution in [0.3, 0.4) is 0 Å². The summed E-state index contributed by atoms with van der Waals surface area (Å²) >= 11 is 0. The summed E-state index contributed by atoms with van der Waals surface area (Å²) in [5, 5.41) is 2.44. The molecule has 22 heavy (non-hydrogen) atoms. The Morgan fingerprint density at radius 1 is 1.05 bits per heavy atom. The zero-order valence-corrected chi connectivity index (χ0v) is 13.7. The zero-order valence-electron chi connectivity index (χ0n) is 13.7. The molecule has 0 fully saturated rings. The van der Waals surface area contributed by atoms with Gasteiger partial charge in [-0.1, -0.05) is 0 Å². The molecule has 0 aliphatic carbocycles. The van der Waals surface area contributed by atoms with Crippen molar-refractivity contribution in [2.75, 3.05) is 20.8 Å². The Bertz CT molecular complexity index is 512. The molecular weight excluding hydrogens is 286 g/mol. The van der Waals surface area contributed by atoms with E-state index in [1.54, 1.807) is 53.2 Å². The Labute approximate surface area is 130 Å². The fourth-order valence-corrected chi connectivity index (χ4v) is 1.74. The molecule has 1 aromatic carbocycles. The Morgan fingerprint density at radius 2 is 1.59 bits per heavy atom. The first-order chi connectivity index (χ1) is 10.2. The summed E-state index contributed by atoms with van der Waals surface area (Å²) in [4.78, 5) is 23.4. The van der Waals surface area contributed by atoms with Crippen LogP contribution in [0.25, 0.3) is 0 Å². The minimum Gasteiger partial charge on any atom is -0.497 e. The SMILES string of the molecule is COc1cc(CC(=O)CNC(=O)OC(C)(C)C)cc(OC)c1. The lowest BCUT2D eigenvalue weighted by molar-refractivity contribution is -0.117. The van der Waals surface area contributed by atoms with E-state index < -0.39 is 11.7 Å². The normalized spacial score (nSPS) is 10.8. The van der Waals surface area contributed by atoms with Crippen LogP contribution < -0.4 is 14.8 Å². The number of carbonyl (C=O) groups excluding carboxylic acids is 2. The summed E-state index contributed by atoms with van der Waals surface area (Å²) in [5.74, 6) is 1.09. The van der Waals surface area contributed by atoms with Gasteiger partial charge in [-0.15, -0.1) is 0 Å². The largest absolute Gasteiger partial charge is 0.497 e. The minimum atomic E-state index is -0.607. The molecule has 1 aromatic rings. The molecule has 0 aromatic heterocycles. The third-order valence-electron chi connectivity index (χ3n) is 2.64. The smallest absolute Gasteiger partial charge is 0.408 e. The van der Waals surface area contributed by atoms with Gasteiger partial charge in [0.15, 0.2) is 5.78 Å². The van der Waals surface area contributed by atoms with Gasteiger partial charge in [-0.2, -0.15) is 0 Å². The van der Waals surface area contributed by atoms with Gasteiger partial charge >= 0.3 is 6.09 Å². The summed E-state index contributed by atoms with van der Waals surface area (Å²) in [5.41, 5.74) is 0.167. The molecule has 0 aliphatic rings. The van der Waals surface area contributed by atoms with Crippen molar-refractivity contribution in [3.8, 4) is 11.5 Å². The van der Waals surface area contributed by atoms with E-state index in [4.69, 9.17) is 14.2 Å². The van der Waals surface area contributed by atoms with Gasteiger partial charge in [0.2, 0.25) is 0 Å². The third kappa shape index (κ3) is 6.47. The number of ketones is 1. The Hall–Kier alpha value is -2.24. The van der Waals surface area contributed by atoms with E-state index in [1.807, 2.05) is 0 Å². The van der Waals surface area contributed by atoms with E-state index >= 15 is 0 Å². The van der Waals surface area contributed by atoms with Crippen LogP contribution in [-0.2, 0) is 16.0 Å². The number of benzene rings is 1. The molecule has 1 N–H and O–H groups in total. The topological polar surface area (TPSA) is 73.9 Å². The van der Waals surface area contributed by atoms with E-state index in [9.17, 15) is 9.59 Å². The molecule has 0 atom stereocenters. The number of nitrogens with one attached hydrogen (secondary N) is 1. The molecule has 122 valence electrons. The summed E-state index contributed by atoms with van der Waals surface area (Å²) in [6.07, 6.45) is -0.437. The molecule has 6 heteroatoms. The van der Waals surface area contributed by atoms with Crippen molar-refractivity contribution >= 4 is 11.9 Å². The molecule has 0 bridgehead atoms. The first kappa shape index (κ1) is 17.8. The van der Waals surface area contributed by atoms with Gasteiger partial charge in [0.1, 0.15) is 17.1 Å². The number of Topliss-reactive ketones (excluding diaryl/α,β-unsaturated/α-hetero) is 1. The zero-order chi connectivity index (χ0) is 16.8. The van der Waals surface area contributed by atoms with Crippen LogP contribution in [0.4, 0.5) is 4.79 Å². The van der Waals surface area contributed by atoms with Gasteiger partial charge in [0.25, 0.3) is 0 Å². The first-order valence-electron chi connectivity index (χ1n) is 6.94. The quantitative estimate of drug-likeness (QED) is 0.873. The van der Waals surface area contributed by atoms with Crippen molar-refractivity contribution < 1.29 is 23.8 Å². The molecular formula is C16H23NO5. The molecule has 1 rings (SSSR count). The van der Waals surface area contributed by atoms with E-state index in [0.717, 1.165) is 5.56 Å². The van der Waals surface area contributed by atoms with Crippen LogP contribution in [0.1, 0.15) is 26.3 Å². The summed E-state index contributed by atoms with van der Waals surface area (Å²) < 4.78 is 15.4. The summed E-state index contributed by atoms with van der Waals surface area (Å²) in [7, 11) is 3.09. The average molecular weight is 309 g/mol. The third-order valence-corrected chi connectivity index (χ3v) is 2.64. The highest BCUT2D eigenvalue weighted by molar-refractivity contribution is 5.85. The lowest BCUT2D eigenvalue weighted by Crippen LogP contribution is -2.35. The van der Waals surface area contributed by atoms with Crippen LogP contribution in [0.5, 0.6) is 11.5 Å². The molecule has 0 heterocycles. The standard InChI is InChI=1S/C16H23NO5/c1-16(2,3)22-15(19)17-10-12(18)6-11-7-13(20-4)9-14(8-11)21-5/h7-9H,6,10H2,1-5H3,(H,17,19). The number of hydrogen-bond acceptors (Lipinski definition) is 5. The van der Waals surface area contributed by atoms with E-state index in [-0.39, 0.29) is 18.7 Å². The lowest BCUT2D eigenvalue weighted by Gasteiger charge is -2.19. The van der Waals surface area contributed by atoms with Gasteiger partial charge in [0, 0.05) is 12.5 Å². The summed E-state index contributed by atoms with van der Waals surface area (Å²) in [6, 6.07) is 5.24.